The highest BCUT2D eigenvalue weighted by Crippen LogP contribution is 2.26. The first-order valence-electron chi connectivity index (χ1n) is 7.40. The summed E-state index contributed by atoms with van der Waals surface area (Å²) in [4.78, 5) is 2.32. The summed E-state index contributed by atoms with van der Waals surface area (Å²) in [7, 11) is 2.02. The largest absolute Gasteiger partial charge is 0.342 e. The molecule has 2 nitrogen and oxygen atoms in total. The first-order chi connectivity index (χ1) is 9.80. The SMILES string of the molecule is CCC(NC)c1ccc(N(CC)c2ccccc2)cc1. The summed E-state index contributed by atoms with van der Waals surface area (Å²) in [5.74, 6) is 0. The van der Waals surface area contributed by atoms with Crippen LogP contribution >= 0.6 is 0 Å². The van der Waals surface area contributed by atoms with E-state index in [4.69, 9.17) is 0 Å². The summed E-state index contributed by atoms with van der Waals surface area (Å²) >= 11 is 0. The van der Waals surface area contributed by atoms with Crippen molar-refractivity contribution in [1.82, 2.24) is 5.32 Å². The Balaban J connectivity index is 2.24. The number of para-hydroxylation sites is 1. The zero-order chi connectivity index (χ0) is 14.4. The topological polar surface area (TPSA) is 15.3 Å². The molecule has 1 unspecified atom stereocenters. The Hall–Kier alpha value is -1.80. The molecule has 0 radical (unpaired) electrons. The number of rotatable bonds is 6. The van der Waals surface area contributed by atoms with Gasteiger partial charge in [-0.25, -0.2) is 0 Å². The Morgan fingerprint density at radius 2 is 1.50 bits per heavy atom. The van der Waals surface area contributed by atoms with E-state index in [-0.39, 0.29) is 0 Å². The number of anilines is 2. The molecule has 0 spiro atoms. The lowest BCUT2D eigenvalue weighted by Crippen LogP contribution is -2.17. The van der Waals surface area contributed by atoms with E-state index in [9.17, 15) is 0 Å². The van der Waals surface area contributed by atoms with Crippen molar-refractivity contribution in [2.75, 3.05) is 18.5 Å². The van der Waals surface area contributed by atoms with Crippen molar-refractivity contribution in [3.05, 3.63) is 60.2 Å². The van der Waals surface area contributed by atoms with E-state index < -0.39 is 0 Å². The Kier molecular flexibility index (Phi) is 5.19. The van der Waals surface area contributed by atoms with Gasteiger partial charge in [0.05, 0.1) is 0 Å². The maximum absolute atomic E-state index is 3.35. The molecule has 0 aliphatic rings. The van der Waals surface area contributed by atoms with E-state index in [2.05, 4.69) is 78.7 Å². The smallest absolute Gasteiger partial charge is 0.0410 e. The molecule has 0 fully saturated rings. The van der Waals surface area contributed by atoms with Crippen LogP contribution < -0.4 is 10.2 Å². The summed E-state index contributed by atoms with van der Waals surface area (Å²) in [6, 6.07) is 19.9. The highest BCUT2D eigenvalue weighted by Gasteiger charge is 2.09. The van der Waals surface area contributed by atoms with Gasteiger partial charge >= 0.3 is 0 Å². The van der Waals surface area contributed by atoms with E-state index in [0.29, 0.717) is 6.04 Å². The van der Waals surface area contributed by atoms with E-state index in [1.54, 1.807) is 0 Å². The van der Waals surface area contributed by atoms with E-state index in [1.165, 1.54) is 16.9 Å². The fourth-order valence-corrected chi connectivity index (χ4v) is 2.62. The third kappa shape index (κ3) is 3.20. The lowest BCUT2D eigenvalue weighted by molar-refractivity contribution is 0.577. The highest BCUT2D eigenvalue weighted by atomic mass is 15.1. The summed E-state index contributed by atoms with van der Waals surface area (Å²) in [6.07, 6.45) is 1.10. The van der Waals surface area contributed by atoms with Crippen LogP contribution in [0.5, 0.6) is 0 Å². The van der Waals surface area contributed by atoms with Gasteiger partial charge in [0.1, 0.15) is 0 Å². The molecule has 2 heteroatoms. The minimum atomic E-state index is 0.441. The summed E-state index contributed by atoms with van der Waals surface area (Å²) < 4.78 is 0. The highest BCUT2D eigenvalue weighted by molar-refractivity contribution is 5.63. The van der Waals surface area contributed by atoms with Crippen LogP contribution in [0.1, 0.15) is 31.9 Å². The van der Waals surface area contributed by atoms with Gasteiger partial charge < -0.3 is 10.2 Å². The zero-order valence-corrected chi connectivity index (χ0v) is 12.6. The molecule has 20 heavy (non-hydrogen) atoms. The van der Waals surface area contributed by atoms with E-state index in [1.807, 2.05) is 7.05 Å². The molecule has 0 aromatic heterocycles. The Bertz CT molecular complexity index is 501. The number of hydrogen-bond donors (Lipinski definition) is 1. The van der Waals surface area contributed by atoms with Crippen molar-refractivity contribution in [1.29, 1.82) is 0 Å². The average Bonchev–Trinajstić information content (AvgIpc) is 2.52. The molecular weight excluding hydrogens is 244 g/mol. The van der Waals surface area contributed by atoms with Crippen molar-refractivity contribution in [3.63, 3.8) is 0 Å². The predicted molar refractivity (Wildman–Crippen MR) is 87.7 cm³/mol. The maximum Gasteiger partial charge on any atom is 0.0410 e. The molecule has 0 heterocycles. The quantitative estimate of drug-likeness (QED) is 0.829. The van der Waals surface area contributed by atoms with Gasteiger partial charge in [-0.2, -0.15) is 0 Å². The van der Waals surface area contributed by atoms with E-state index in [0.717, 1.165) is 13.0 Å². The number of benzene rings is 2. The van der Waals surface area contributed by atoms with Crippen molar-refractivity contribution >= 4 is 11.4 Å². The molecule has 2 rings (SSSR count). The van der Waals surface area contributed by atoms with Crippen LogP contribution in [0.2, 0.25) is 0 Å². The monoisotopic (exact) mass is 268 g/mol. The van der Waals surface area contributed by atoms with Gasteiger partial charge in [0.25, 0.3) is 0 Å². The molecule has 0 aliphatic heterocycles. The second-order valence-corrected chi connectivity index (χ2v) is 4.92. The van der Waals surface area contributed by atoms with Crippen LogP contribution in [-0.2, 0) is 0 Å². The maximum atomic E-state index is 3.35. The van der Waals surface area contributed by atoms with Crippen LogP contribution in [0.4, 0.5) is 11.4 Å². The lowest BCUT2D eigenvalue weighted by atomic mass is 10.0. The minimum Gasteiger partial charge on any atom is -0.342 e. The van der Waals surface area contributed by atoms with Gasteiger partial charge in [0.15, 0.2) is 0 Å². The number of nitrogens with zero attached hydrogens (tertiary/aromatic N) is 1. The number of nitrogens with one attached hydrogen (secondary N) is 1. The molecule has 1 atom stereocenters. The summed E-state index contributed by atoms with van der Waals surface area (Å²) in [5.41, 5.74) is 3.83. The standard InChI is InChI=1S/C18H24N2/c1-4-18(19-3)15-11-13-17(14-12-15)20(5-2)16-9-7-6-8-10-16/h6-14,18-19H,4-5H2,1-3H3. The zero-order valence-electron chi connectivity index (χ0n) is 12.6. The van der Waals surface area contributed by atoms with Crippen LogP contribution in [0.15, 0.2) is 54.6 Å². The van der Waals surface area contributed by atoms with Crippen molar-refractivity contribution in [3.8, 4) is 0 Å². The molecule has 0 aliphatic carbocycles. The third-order valence-electron chi connectivity index (χ3n) is 3.75. The van der Waals surface area contributed by atoms with Crippen LogP contribution in [0, 0.1) is 0 Å². The van der Waals surface area contributed by atoms with Gasteiger partial charge in [-0.1, -0.05) is 37.3 Å². The Morgan fingerprint density at radius 1 is 0.900 bits per heavy atom. The van der Waals surface area contributed by atoms with Gasteiger partial charge in [0.2, 0.25) is 0 Å². The first-order valence-corrected chi connectivity index (χ1v) is 7.40. The van der Waals surface area contributed by atoms with Crippen LogP contribution in [0.3, 0.4) is 0 Å². The second kappa shape index (κ2) is 7.11. The predicted octanol–water partition coefficient (Wildman–Crippen LogP) is 4.52. The fraction of sp³-hybridized carbons (Fsp3) is 0.333. The average molecular weight is 268 g/mol. The summed E-state index contributed by atoms with van der Waals surface area (Å²) in [5, 5.41) is 3.35. The van der Waals surface area contributed by atoms with Gasteiger partial charge in [-0.05, 0) is 50.2 Å². The van der Waals surface area contributed by atoms with Gasteiger partial charge in [-0.3, -0.25) is 0 Å². The first kappa shape index (κ1) is 14.6. The third-order valence-corrected chi connectivity index (χ3v) is 3.75. The van der Waals surface area contributed by atoms with Crippen LogP contribution in [0.25, 0.3) is 0 Å². The van der Waals surface area contributed by atoms with Crippen molar-refractivity contribution < 1.29 is 0 Å². The molecule has 0 saturated heterocycles. The van der Waals surface area contributed by atoms with Crippen molar-refractivity contribution in [2.45, 2.75) is 26.3 Å². The molecule has 1 N–H and O–H groups in total. The fourth-order valence-electron chi connectivity index (χ4n) is 2.62. The number of hydrogen-bond acceptors (Lipinski definition) is 2. The molecule has 2 aromatic rings. The molecule has 0 bridgehead atoms. The molecule has 0 saturated carbocycles. The molecule has 0 amide bonds. The normalized spacial score (nSPS) is 12.2. The second-order valence-electron chi connectivity index (χ2n) is 4.92. The van der Waals surface area contributed by atoms with E-state index >= 15 is 0 Å². The minimum absolute atomic E-state index is 0.441. The Morgan fingerprint density at radius 3 is 2.00 bits per heavy atom. The lowest BCUT2D eigenvalue weighted by Gasteiger charge is -2.24. The van der Waals surface area contributed by atoms with Gasteiger partial charge in [-0.15, -0.1) is 0 Å². The molecule has 106 valence electrons. The molecule has 2 aromatic carbocycles. The van der Waals surface area contributed by atoms with Crippen LogP contribution in [-0.4, -0.2) is 13.6 Å². The van der Waals surface area contributed by atoms with Gasteiger partial charge in [0, 0.05) is 24.0 Å². The van der Waals surface area contributed by atoms with Crippen molar-refractivity contribution in [2.24, 2.45) is 0 Å². The summed E-state index contributed by atoms with van der Waals surface area (Å²) in [6.45, 7) is 5.35. The molecular formula is C18H24N2. The Labute approximate surface area is 122 Å².